The SMILES string of the molecule is Cc1cc2c(cc1Cl)-c1nc(-n3nc(C)c(-c4cccc(F)c4)c3C(=O)O)sc1SC2C. The minimum absolute atomic E-state index is 0.0422. The fourth-order valence-corrected chi connectivity index (χ4v) is 6.65. The molecule has 32 heavy (non-hydrogen) atoms. The van der Waals surface area contributed by atoms with Gasteiger partial charge >= 0.3 is 5.97 Å². The molecule has 1 unspecified atom stereocenters. The average molecular weight is 486 g/mol. The van der Waals surface area contributed by atoms with Crippen LogP contribution in [0.5, 0.6) is 0 Å². The summed E-state index contributed by atoms with van der Waals surface area (Å²) in [6.07, 6.45) is 0. The van der Waals surface area contributed by atoms with Crippen LogP contribution in [0.2, 0.25) is 5.02 Å². The number of aryl methyl sites for hydroxylation is 2. The van der Waals surface area contributed by atoms with E-state index in [9.17, 15) is 14.3 Å². The second kappa shape index (κ2) is 7.72. The van der Waals surface area contributed by atoms with Crippen molar-refractivity contribution in [1.29, 1.82) is 0 Å². The number of thioether (sulfide) groups is 1. The molecule has 0 saturated heterocycles. The minimum Gasteiger partial charge on any atom is -0.476 e. The zero-order chi connectivity index (χ0) is 22.7. The minimum atomic E-state index is -1.15. The van der Waals surface area contributed by atoms with E-state index >= 15 is 0 Å². The van der Waals surface area contributed by atoms with Gasteiger partial charge in [-0.25, -0.2) is 14.2 Å². The van der Waals surface area contributed by atoms with Crippen molar-refractivity contribution < 1.29 is 14.3 Å². The van der Waals surface area contributed by atoms with Crippen molar-refractivity contribution >= 4 is 40.7 Å². The van der Waals surface area contributed by atoms with E-state index in [0.29, 0.717) is 27.0 Å². The number of aromatic carboxylic acids is 1. The Bertz CT molecular complexity index is 1410. The highest BCUT2D eigenvalue weighted by molar-refractivity contribution is 8.01. The van der Waals surface area contributed by atoms with Crippen LogP contribution < -0.4 is 0 Å². The molecule has 1 aliphatic rings. The van der Waals surface area contributed by atoms with Gasteiger partial charge < -0.3 is 5.11 Å². The van der Waals surface area contributed by atoms with Crippen molar-refractivity contribution in [2.45, 2.75) is 30.2 Å². The highest BCUT2D eigenvalue weighted by Gasteiger charge is 2.30. The number of halogens is 2. The summed E-state index contributed by atoms with van der Waals surface area (Å²) < 4.78 is 16.2. The van der Waals surface area contributed by atoms with Gasteiger partial charge in [0.05, 0.1) is 15.6 Å². The number of nitrogens with zero attached hydrogens (tertiary/aromatic N) is 3. The number of fused-ring (bicyclic) bond motifs is 3. The van der Waals surface area contributed by atoms with Crippen molar-refractivity contribution in [3.05, 3.63) is 69.8 Å². The maximum atomic E-state index is 13.8. The quantitative estimate of drug-likeness (QED) is 0.340. The lowest BCUT2D eigenvalue weighted by Gasteiger charge is -2.21. The second-order valence-electron chi connectivity index (χ2n) is 7.62. The average Bonchev–Trinajstić information content (AvgIpc) is 3.30. The lowest BCUT2D eigenvalue weighted by atomic mass is 9.99. The van der Waals surface area contributed by atoms with Crippen LogP contribution in [0.4, 0.5) is 4.39 Å². The lowest BCUT2D eigenvalue weighted by Crippen LogP contribution is -2.09. The molecule has 2 aromatic carbocycles. The van der Waals surface area contributed by atoms with Crippen LogP contribution >= 0.6 is 34.7 Å². The topological polar surface area (TPSA) is 68.0 Å². The van der Waals surface area contributed by atoms with E-state index in [4.69, 9.17) is 16.6 Å². The zero-order valence-electron chi connectivity index (χ0n) is 17.3. The largest absolute Gasteiger partial charge is 0.476 e. The summed E-state index contributed by atoms with van der Waals surface area (Å²) in [5, 5.41) is 15.8. The predicted molar refractivity (Wildman–Crippen MR) is 126 cm³/mol. The first-order valence-electron chi connectivity index (χ1n) is 9.81. The number of aromatic nitrogens is 3. The second-order valence-corrected chi connectivity index (χ2v) is 10.6. The molecule has 0 amide bonds. The molecule has 162 valence electrons. The molecular formula is C23H17ClFN3O2S2. The van der Waals surface area contributed by atoms with E-state index in [0.717, 1.165) is 26.6 Å². The fraction of sp³-hybridized carbons (Fsp3) is 0.174. The molecule has 9 heteroatoms. The van der Waals surface area contributed by atoms with Gasteiger partial charge in [0.1, 0.15) is 5.82 Å². The Morgan fingerprint density at radius 2 is 2.03 bits per heavy atom. The molecule has 0 spiro atoms. The molecule has 5 rings (SSSR count). The van der Waals surface area contributed by atoms with Gasteiger partial charge in [-0.3, -0.25) is 0 Å². The maximum absolute atomic E-state index is 13.8. The Morgan fingerprint density at radius 1 is 1.25 bits per heavy atom. The molecule has 0 radical (unpaired) electrons. The Hall–Kier alpha value is -2.68. The summed E-state index contributed by atoms with van der Waals surface area (Å²) in [6, 6.07) is 9.87. The van der Waals surface area contributed by atoms with E-state index in [2.05, 4.69) is 18.1 Å². The number of rotatable bonds is 3. The molecule has 0 saturated carbocycles. The number of thiazole rings is 1. The van der Waals surface area contributed by atoms with Crippen molar-refractivity contribution in [3.63, 3.8) is 0 Å². The van der Waals surface area contributed by atoms with E-state index in [1.54, 1.807) is 30.8 Å². The van der Waals surface area contributed by atoms with Crippen LogP contribution in [-0.4, -0.2) is 25.8 Å². The number of carboxylic acid groups (broad SMARTS) is 1. The number of benzene rings is 2. The Kier molecular flexibility index (Phi) is 5.11. The van der Waals surface area contributed by atoms with Crippen LogP contribution in [0, 0.1) is 19.7 Å². The summed E-state index contributed by atoms with van der Waals surface area (Å²) in [7, 11) is 0. The Morgan fingerprint density at radius 3 is 2.75 bits per heavy atom. The third-order valence-corrected chi connectivity index (χ3v) is 8.24. The number of carbonyl (C=O) groups is 1. The fourth-order valence-electron chi connectivity index (χ4n) is 3.96. The van der Waals surface area contributed by atoms with Gasteiger partial charge in [0, 0.05) is 21.4 Å². The highest BCUT2D eigenvalue weighted by Crippen LogP contribution is 2.52. The van der Waals surface area contributed by atoms with E-state index in [1.165, 1.54) is 28.2 Å². The van der Waals surface area contributed by atoms with Crippen molar-refractivity contribution in [2.75, 3.05) is 0 Å². The van der Waals surface area contributed by atoms with Crippen molar-refractivity contribution in [1.82, 2.24) is 14.8 Å². The van der Waals surface area contributed by atoms with Crippen LogP contribution in [0.25, 0.3) is 27.5 Å². The number of carboxylic acids is 1. The normalized spacial score (nSPS) is 14.8. The monoisotopic (exact) mass is 485 g/mol. The van der Waals surface area contributed by atoms with Gasteiger partial charge in [-0.05, 0) is 55.7 Å². The molecule has 1 N–H and O–H groups in total. The molecule has 0 fully saturated rings. The van der Waals surface area contributed by atoms with Crippen LogP contribution in [0.3, 0.4) is 0 Å². The molecule has 5 nitrogen and oxygen atoms in total. The molecular weight excluding hydrogens is 469 g/mol. The smallest absolute Gasteiger partial charge is 0.355 e. The Labute approximate surface area is 196 Å². The summed E-state index contributed by atoms with van der Waals surface area (Å²) in [6.45, 7) is 5.81. The van der Waals surface area contributed by atoms with Crippen LogP contribution in [0.15, 0.2) is 40.6 Å². The predicted octanol–water partition coefficient (Wildman–Crippen LogP) is 6.94. The molecule has 0 bridgehead atoms. The molecule has 1 atom stereocenters. The number of hydrogen-bond acceptors (Lipinski definition) is 5. The van der Waals surface area contributed by atoms with Gasteiger partial charge in [0.15, 0.2) is 5.69 Å². The van der Waals surface area contributed by atoms with Crippen molar-refractivity contribution in [2.24, 2.45) is 0 Å². The summed E-state index contributed by atoms with van der Waals surface area (Å²) in [4.78, 5) is 17.0. The molecule has 3 heterocycles. The summed E-state index contributed by atoms with van der Waals surface area (Å²) >= 11 is 9.47. The number of hydrogen-bond donors (Lipinski definition) is 1. The van der Waals surface area contributed by atoms with Crippen LogP contribution in [-0.2, 0) is 0 Å². The first-order valence-corrected chi connectivity index (χ1v) is 11.9. The van der Waals surface area contributed by atoms with Gasteiger partial charge in [-0.2, -0.15) is 9.78 Å². The molecule has 1 aliphatic heterocycles. The third kappa shape index (κ3) is 3.34. The molecule has 2 aromatic heterocycles. The highest BCUT2D eigenvalue weighted by atomic mass is 35.5. The maximum Gasteiger partial charge on any atom is 0.355 e. The zero-order valence-corrected chi connectivity index (χ0v) is 19.7. The van der Waals surface area contributed by atoms with E-state index < -0.39 is 11.8 Å². The third-order valence-electron chi connectivity index (χ3n) is 5.45. The summed E-state index contributed by atoms with van der Waals surface area (Å²) in [5.74, 6) is -1.59. The van der Waals surface area contributed by atoms with E-state index in [-0.39, 0.29) is 10.9 Å². The standard InChI is InChI=1S/C23H17ClFN3O2S2/c1-10-7-15-12(3)31-22-19(16(15)9-17(10)24)26-23(32-22)28-20(21(29)30)18(11(2)27-28)13-5-4-6-14(25)8-13/h4-9,12H,1-3H3,(H,29,30). The van der Waals surface area contributed by atoms with Gasteiger partial charge in [0.25, 0.3) is 0 Å². The van der Waals surface area contributed by atoms with Gasteiger partial charge in [-0.1, -0.05) is 41.1 Å². The van der Waals surface area contributed by atoms with Gasteiger partial charge in [0.2, 0.25) is 5.13 Å². The lowest BCUT2D eigenvalue weighted by molar-refractivity contribution is 0.0688. The molecule has 4 aromatic rings. The van der Waals surface area contributed by atoms with Crippen LogP contribution in [0.1, 0.15) is 39.5 Å². The first kappa shape index (κ1) is 21.2. The van der Waals surface area contributed by atoms with E-state index in [1.807, 2.05) is 13.0 Å². The first-order chi connectivity index (χ1) is 15.2. The molecule has 0 aliphatic carbocycles. The van der Waals surface area contributed by atoms with Gasteiger partial charge in [-0.15, -0.1) is 11.8 Å². The van der Waals surface area contributed by atoms with Crippen molar-refractivity contribution in [3.8, 4) is 27.5 Å². The Balaban J connectivity index is 1.71. The summed E-state index contributed by atoms with van der Waals surface area (Å²) in [5.41, 5.74) is 5.18.